The summed E-state index contributed by atoms with van der Waals surface area (Å²) in [4.78, 5) is 64.3. The van der Waals surface area contributed by atoms with E-state index in [1.165, 1.54) is 0 Å². The summed E-state index contributed by atoms with van der Waals surface area (Å²) in [5.74, 6) is -1.60. The van der Waals surface area contributed by atoms with Gasteiger partial charge in [0.05, 0.1) is 0 Å². The number of carboxylic acids is 1. The molecule has 42 heavy (non-hydrogen) atoms. The van der Waals surface area contributed by atoms with Gasteiger partial charge in [-0.3, -0.25) is 9.59 Å². The molecule has 1 aromatic rings. The van der Waals surface area contributed by atoms with Crippen molar-refractivity contribution in [1.82, 2.24) is 20.9 Å². The molecule has 11 heteroatoms. The molecular formula is C31H50N4O7. The second-order valence-corrected chi connectivity index (χ2v) is 12.9. The van der Waals surface area contributed by atoms with Gasteiger partial charge in [0.2, 0.25) is 11.8 Å². The Bertz CT molecular complexity index is 1050. The van der Waals surface area contributed by atoms with Gasteiger partial charge >= 0.3 is 18.1 Å². The van der Waals surface area contributed by atoms with Crippen molar-refractivity contribution < 1.29 is 33.8 Å². The molecule has 0 aliphatic heterocycles. The third kappa shape index (κ3) is 14.3. The number of nitrogens with one attached hydrogen (secondary N) is 3. The quantitative estimate of drug-likeness (QED) is 0.233. The Kier molecular flexibility index (Phi) is 14.5. The Labute approximate surface area is 250 Å². The smallest absolute Gasteiger partial charge is 0.417 e. The lowest BCUT2D eigenvalue weighted by atomic mass is 9.94. The standard InChI is InChI=1S/C31H50N4O7/c1-21(2)17-18-32-25(36)24(20-22-14-10-9-11-15-22)34-28(40)33-23(26(37)38)16-12-13-19-35(27(39)30(3,4)5)29(41)42-31(6,7)8/h9-11,14-15,21,23-24H,12-13,16-20H2,1-8H3,(H,32,36)(H,37,38)(H2,33,34,40)/t23?,24-/m1/s1. The number of hydrogen-bond donors (Lipinski definition) is 4. The predicted octanol–water partition coefficient (Wildman–Crippen LogP) is 4.49. The van der Waals surface area contributed by atoms with E-state index < -0.39 is 47.1 Å². The van der Waals surface area contributed by atoms with Crippen LogP contribution in [0.4, 0.5) is 9.59 Å². The van der Waals surface area contributed by atoms with Gasteiger partial charge in [-0.1, -0.05) is 65.0 Å². The number of carboxylic acid groups (broad SMARTS) is 1. The summed E-state index contributed by atoms with van der Waals surface area (Å²) in [6, 6.07) is 6.30. The first-order valence-electron chi connectivity index (χ1n) is 14.6. The van der Waals surface area contributed by atoms with E-state index in [1.807, 2.05) is 44.2 Å². The highest BCUT2D eigenvalue weighted by Crippen LogP contribution is 2.21. The normalized spacial score (nSPS) is 13.1. The van der Waals surface area contributed by atoms with Gasteiger partial charge in [-0.2, -0.15) is 0 Å². The van der Waals surface area contributed by atoms with E-state index in [1.54, 1.807) is 41.5 Å². The summed E-state index contributed by atoms with van der Waals surface area (Å²) in [5.41, 5.74) is -0.767. The number of amides is 5. The Hall–Kier alpha value is -3.63. The van der Waals surface area contributed by atoms with Crippen molar-refractivity contribution in [1.29, 1.82) is 0 Å². The summed E-state index contributed by atoms with van der Waals surface area (Å²) in [5, 5.41) is 17.6. The van der Waals surface area contributed by atoms with Gasteiger partial charge < -0.3 is 25.8 Å². The minimum atomic E-state index is -1.24. The lowest BCUT2D eigenvalue weighted by Gasteiger charge is -2.30. The highest BCUT2D eigenvalue weighted by Gasteiger charge is 2.34. The zero-order valence-electron chi connectivity index (χ0n) is 26.4. The molecule has 0 aliphatic carbocycles. The van der Waals surface area contributed by atoms with Crippen molar-refractivity contribution in [2.45, 2.75) is 105 Å². The molecule has 1 unspecified atom stereocenters. The fraction of sp³-hybridized carbons (Fsp3) is 0.645. The zero-order valence-corrected chi connectivity index (χ0v) is 26.4. The molecule has 0 bridgehead atoms. The van der Waals surface area contributed by atoms with E-state index in [0.29, 0.717) is 25.3 Å². The number of urea groups is 1. The number of benzene rings is 1. The van der Waals surface area contributed by atoms with Crippen LogP contribution in [0.1, 0.15) is 86.6 Å². The van der Waals surface area contributed by atoms with Gasteiger partial charge in [-0.15, -0.1) is 0 Å². The van der Waals surface area contributed by atoms with Crippen molar-refractivity contribution in [3.8, 4) is 0 Å². The first-order chi connectivity index (χ1) is 19.4. The number of nitrogens with zero attached hydrogens (tertiary/aromatic N) is 1. The van der Waals surface area contributed by atoms with Gasteiger partial charge in [0.1, 0.15) is 17.7 Å². The fourth-order valence-electron chi connectivity index (χ4n) is 3.90. The number of aliphatic carboxylic acids is 1. The number of rotatable bonds is 14. The van der Waals surface area contributed by atoms with Crippen molar-refractivity contribution in [2.75, 3.05) is 13.1 Å². The summed E-state index contributed by atoms with van der Waals surface area (Å²) in [6.45, 7) is 14.8. The number of imide groups is 1. The van der Waals surface area contributed by atoms with Crippen LogP contribution in [-0.2, 0) is 25.5 Å². The molecule has 11 nitrogen and oxygen atoms in total. The molecule has 4 N–H and O–H groups in total. The second kappa shape index (κ2) is 16.7. The molecule has 1 aromatic carbocycles. The van der Waals surface area contributed by atoms with E-state index in [2.05, 4.69) is 16.0 Å². The molecule has 0 aromatic heterocycles. The summed E-state index contributed by atoms with van der Waals surface area (Å²) < 4.78 is 5.39. The lowest BCUT2D eigenvalue weighted by molar-refractivity contribution is -0.140. The molecule has 0 spiro atoms. The topological polar surface area (TPSA) is 154 Å². The van der Waals surface area contributed by atoms with Crippen LogP contribution >= 0.6 is 0 Å². The van der Waals surface area contributed by atoms with Crippen molar-refractivity contribution in [3.05, 3.63) is 35.9 Å². The van der Waals surface area contributed by atoms with Gasteiger partial charge in [-0.25, -0.2) is 19.3 Å². The average Bonchev–Trinajstić information content (AvgIpc) is 2.85. The molecule has 1 rings (SSSR count). The van der Waals surface area contributed by atoms with Crippen LogP contribution < -0.4 is 16.0 Å². The largest absolute Gasteiger partial charge is 0.480 e. The third-order valence-electron chi connectivity index (χ3n) is 6.15. The molecule has 0 heterocycles. The van der Waals surface area contributed by atoms with E-state index >= 15 is 0 Å². The van der Waals surface area contributed by atoms with Crippen LogP contribution in [0.25, 0.3) is 0 Å². The van der Waals surface area contributed by atoms with Crippen LogP contribution in [0.15, 0.2) is 30.3 Å². The maximum absolute atomic E-state index is 12.9. The Morgan fingerprint density at radius 1 is 0.881 bits per heavy atom. The highest BCUT2D eigenvalue weighted by atomic mass is 16.6. The molecule has 236 valence electrons. The SMILES string of the molecule is CC(C)CCNC(=O)[C@@H](Cc1ccccc1)NC(=O)NC(CCCCN(C(=O)OC(C)(C)C)C(=O)C(C)(C)C)C(=O)O. The Balaban J connectivity index is 2.83. The number of carbonyl (C=O) groups is 5. The van der Waals surface area contributed by atoms with E-state index in [-0.39, 0.29) is 25.3 Å². The predicted molar refractivity (Wildman–Crippen MR) is 161 cm³/mol. The number of ether oxygens (including phenoxy) is 1. The average molecular weight is 591 g/mol. The Morgan fingerprint density at radius 2 is 1.48 bits per heavy atom. The molecule has 0 radical (unpaired) electrons. The van der Waals surface area contributed by atoms with Crippen LogP contribution in [-0.4, -0.2) is 70.7 Å². The molecular weight excluding hydrogens is 540 g/mol. The molecule has 0 aliphatic rings. The first-order valence-corrected chi connectivity index (χ1v) is 14.6. The van der Waals surface area contributed by atoms with E-state index in [4.69, 9.17) is 4.74 Å². The molecule has 5 amide bonds. The third-order valence-corrected chi connectivity index (χ3v) is 6.15. The zero-order chi connectivity index (χ0) is 32.1. The van der Waals surface area contributed by atoms with E-state index in [0.717, 1.165) is 16.9 Å². The maximum Gasteiger partial charge on any atom is 0.417 e. The van der Waals surface area contributed by atoms with E-state index in [9.17, 15) is 29.1 Å². The lowest BCUT2D eigenvalue weighted by Crippen LogP contribution is -2.54. The molecule has 0 saturated heterocycles. The minimum absolute atomic E-state index is 0.0409. The van der Waals surface area contributed by atoms with Crippen LogP contribution in [0, 0.1) is 11.3 Å². The molecule has 0 fully saturated rings. The van der Waals surface area contributed by atoms with Crippen molar-refractivity contribution >= 4 is 29.9 Å². The van der Waals surface area contributed by atoms with Crippen LogP contribution in [0.5, 0.6) is 0 Å². The van der Waals surface area contributed by atoms with Gasteiger partial charge in [0.15, 0.2) is 0 Å². The highest BCUT2D eigenvalue weighted by molar-refractivity contribution is 5.95. The van der Waals surface area contributed by atoms with Gasteiger partial charge in [0.25, 0.3) is 0 Å². The van der Waals surface area contributed by atoms with Crippen LogP contribution in [0.3, 0.4) is 0 Å². The van der Waals surface area contributed by atoms with Crippen molar-refractivity contribution in [3.63, 3.8) is 0 Å². The van der Waals surface area contributed by atoms with Crippen molar-refractivity contribution in [2.24, 2.45) is 11.3 Å². The number of hydrogen-bond acceptors (Lipinski definition) is 6. The number of unbranched alkanes of at least 4 members (excludes halogenated alkanes) is 1. The first kappa shape index (κ1) is 36.4. The van der Waals surface area contributed by atoms with Gasteiger partial charge in [-0.05, 0) is 57.9 Å². The monoisotopic (exact) mass is 590 g/mol. The van der Waals surface area contributed by atoms with Gasteiger partial charge in [0, 0.05) is 24.9 Å². The molecule has 2 atom stereocenters. The minimum Gasteiger partial charge on any atom is -0.480 e. The molecule has 0 saturated carbocycles. The number of carbonyl (C=O) groups excluding carboxylic acids is 4. The Morgan fingerprint density at radius 3 is 2.00 bits per heavy atom. The summed E-state index contributed by atoms with van der Waals surface area (Å²) in [7, 11) is 0. The summed E-state index contributed by atoms with van der Waals surface area (Å²) >= 11 is 0. The fourth-order valence-corrected chi connectivity index (χ4v) is 3.90. The maximum atomic E-state index is 12.9. The second-order valence-electron chi connectivity index (χ2n) is 12.9. The van der Waals surface area contributed by atoms with Crippen LogP contribution in [0.2, 0.25) is 0 Å². The summed E-state index contributed by atoms with van der Waals surface area (Å²) in [6.07, 6.45) is 0.926.